The first-order valence-electron chi connectivity index (χ1n) is 3.63. The molecule has 0 heterocycles. The summed E-state index contributed by atoms with van der Waals surface area (Å²) in [6.45, 7) is 0.197. The van der Waals surface area contributed by atoms with E-state index in [1.807, 2.05) is 24.3 Å². The van der Waals surface area contributed by atoms with Gasteiger partial charge in [-0.05, 0) is 17.7 Å². The summed E-state index contributed by atoms with van der Waals surface area (Å²) in [7, 11) is 4.81. The summed E-state index contributed by atoms with van der Waals surface area (Å²) in [5, 5.41) is 0. The van der Waals surface area contributed by atoms with Crippen molar-refractivity contribution in [1.82, 2.24) is 0 Å². The summed E-state index contributed by atoms with van der Waals surface area (Å²) in [5.41, 5.74) is 1.76. The minimum atomic E-state index is -0.767. The molecule has 0 aliphatic rings. The number of carbonyl (C=O) groups excluding carboxylic acids is 1. The predicted octanol–water partition coefficient (Wildman–Crippen LogP) is 1.75. The summed E-state index contributed by atoms with van der Waals surface area (Å²) in [4.78, 5) is 10.3. The van der Waals surface area contributed by atoms with Crippen molar-refractivity contribution in [3.63, 3.8) is 0 Å². The van der Waals surface area contributed by atoms with Gasteiger partial charge in [-0.3, -0.25) is 4.79 Å². The molecule has 0 aliphatic heterocycles. The zero-order valence-corrected chi connectivity index (χ0v) is 7.75. The molecule has 1 aromatic carbocycles. The maximum Gasteiger partial charge on any atom is 0.236 e. The number of ether oxygens (including phenoxy) is 1. The van der Waals surface area contributed by atoms with E-state index < -0.39 is 5.87 Å². The molecule has 0 spiro atoms. The van der Waals surface area contributed by atoms with Crippen LogP contribution in [0.4, 0.5) is 10.5 Å². The van der Waals surface area contributed by atoms with Crippen molar-refractivity contribution >= 4 is 32.2 Å². The smallest absolute Gasteiger partial charge is 0.236 e. The third kappa shape index (κ3) is 3.42. The molecule has 0 fully saturated rings. The highest BCUT2D eigenvalue weighted by atomic mass is 32.1. The summed E-state index contributed by atoms with van der Waals surface area (Å²) < 4.78 is 7.28. The van der Waals surface area contributed by atoms with Gasteiger partial charge in [-0.1, -0.05) is 24.9 Å². The van der Waals surface area contributed by atoms with Gasteiger partial charge in [-0.15, -0.1) is 0 Å². The molecule has 0 saturated carbocycles. The van der Waals surface area contributed by atoms with Gasteiger partial charge in [-0.25, -0.2) is 0 Å². The maximum atomic E-state index is 10.3. The van der Waals surface area contributed by atoms with E-state index in [0.29, 0.717) is 0 Å². The number of nitrogens with one attached hydrogen (secondary N) is 1. The van der Waals surface area contributed by atoms with Crippen LogP contribution < -0.4 is 4.72 Å². The highest BCUT2D eigenvalue weighted by Gasteiger charge is 1.95. The van der Waals surface area contributed by atoms with Gasteiger partial charge in [-0.2, -0.15) is 0 Å². The van der Waals surface area contributed by atoms with Crippen molar-refractivity contribution in [2.75, 3.05) is 4.72 Å². The van der Waals surface area contributed by atoms with E-state index in [1.165, 1.54) is 0 Å². The van der Waals surface area contributed by atoms with Crippen molar-refractivity contribution < 1.29 is 9.53 Å². The molecule has 3 nitrogen and oxygen atoms in total. The van der Waals surface area contributed by atoms with E-state index in [2.05, 4.69) is 22.3 Å². The van der Waals surface area contributed by atoms with Crippen LogP contribution >= 0.6 is 12.8 Å². The van der Waals surface area contributed by atoms with E-state index in [-0.39, 0.29) is 6.61 Å². The minimum absolute atomic E-state index is 0.197. The highest BCUT2D eigenvalue weighted by molar-refractivity contribution is 7.81. The van der Waals surface area contributed by atoms with Gasteiger partial charge in [0.2, 0.25) is 13.7 Å². The molecule has 0 atom stereocenters. The molecule has 0 aromatic heterocycles. The van der Waals surface area contributed by atoms with Crippen LogP contribution in [0.25, 0.3) is 0 Å². The van der Waals surface area contributed by atoms with Gasteiger partial charge in [0.15, 0.2) is 0 Å². The Morgan fingerprint density at radius 1 is 1.46 bits per heavy atom. The maximum absolute atomic E-state index is 10.3. The summed E-state index contributed by atoms with van der Waals surface area (Å²) >= 11 is 3.87. The fourth-order valence-electron chi connectivity index (χ4n) is 0.830. The lowest BCUT2D eigenvalue weighted by atomic mass is 10.2. The number of benzene rings is 1. The van der Waals surface area contributed by atoms with Crippen LogP contribution in [0.2, 0.25) is 0 Å². The van der Waals surface area contributed by atoms with Crippen molar-refractivity contribution in [1.29, 1.82) is 0 Å². The van der Waals surface area contributed by atoms with Gasteiger partial charge < -0.3 is 9.46 Å². The Labute approximate surface area is 83.4 Å². The van der Waals surface area contributed by atoms with Gasteiger partial charge in [0.1, 0.15) is 6.61 Å². The van der Waals surface area contributed by atoms with Gasteiger partial charge >= 0.3 is 0 Å². The zero-order chi connectivity index (χ0) is 9.68. The van der Waals surface area contributed by atoms with Crippen LogP contribution in [0.3, 0.4) is 0 Å². The quantitative estimate of drug-likeness (QED) is 0.567. The van der Waals surface area contributed by atoms with Crippen LogP contribution in [-0.2, 0) is 11.3 Å². The van der Waals surface area contributed by atoms with E-state index in [1.54, 1.807) is 0 Å². The Hall–Kier alpha value is -1.10. The second-order valence-electron chi connectivity index (χ2n) is 2.42. The second kappa shape index (κ2) is 4.82. The van der Waals surface area contributed by atoms with Crippen LogP contribution in [0.15, 0.2) is 24.3 Å². The number of hydrogen-bond acceptors (Lipinski definition) is 4. The molecule has 2 radical (unpaired) electrons. The Bertz CT molecular complexity index is 289. The average molecular weight is 193 g/mol. The molecular weight excluding hydrogens is 185 g/mol. The first kappa shape index (κ1) is 9.99. The summed E-state index contributed by atoms with van der Waals surface area (Å²) in [6.07, 6.45) is 0. The minimum Gasteiger partial charge on any atom is -0.470 e. The van der Waals surface area contributed by atoms with Crippen LogP contribution in [0, 0.1) is 0 Å². The Morgan fingerprint density at radius 2 is 2.08 bits per heavy atom. The largest absolute Gasteiger partial charge is 0.470 e. The lowest BCUT2D eigenvalue weighted by molar-refractivity contribution is 0.167. The molecule has 0 aliphatic carbocycles. The summed E-state index contributed by atoms with van der Waals surface area (Å²) in [6, 6.07) is 7.29. The van der Waals surface area contributed by atoms with Gasteiger partial charge in [0, 0.05) is 5.69 Å². The first-order valence-corrected chi connectivity index (χ1v) is 4.08. The number of thiol groups is 1. The van der Waals surface area contributed by atoms with Gasteiger partial charge in [0.05, 0.1) is 0 Å². The lowest BCUT2D eigenvalue weighted by Crippen LogP contribution is -2.00. The number of carbonyl (C=O) groups is 1. The van der Waals surface area contributed by atoms with Crippen molar-refractivity contribution in [3.05, 3.63) is 29.8 Å². The fraction of sp³-hybridized carbons (Fsp3) is 0.125. The van der Waals surface area contributed by atoms with E-state index in [0.717, 1.165) is 11.3 Å². The third-order valence-electron chi connectivity index (χ3n) is 1.46. The van der Waals surface area contributed by atoms with E-state index in [9.17, 15) is 4.79 Å². The van der Waals surface area contributed by atoms with Crippen molar-refractivity contribution in [2.24, 2.45) is 0 Å². The van der Waals surface area contributed by atoms with Crippen molar-refractivity contribution in [3.8, 4) is 0 Å². The van der Waals surface area contributed by atoms with E-state index in [4.69, 9.17) is 7.85 Å². The molecule has 1 rings (SSSR count). The Kier molecular flexibility index (Phi) is 3.70. The first-order chi connectivity index (χ1) is 6.22. The topological polar surface area (TPSA) is 38.3 Å². The molecule has 0 amide bonds. The van der Waals surface area contributed by atoms with E-state index >= 15 is 0 Å². The monoisotopic (exact) mass is 193 g/mol. The molecule has 13 heavy (non-hydrogen) atoms. The second-order valence-corrected chi connectivity index (χ2v) is 2.64. The third-order valence-corrected chi connectivity index (χ3v) is 1.72. The number of anilines is 1. The molecule has 1 aromatic rings. The molecule has 66 valence electrons. The molecular formula is C8H8BNO2S. The normalized spacial score (nSPS) is 9.31. The van der Waals surface area contributed by atoms with Crippen LogP contribution in [-0.4, -0.2) is 13.7 Å². The molecule has 0 saturated heterocycles. The molecule has 1 N–H and O–H groups in total. The SMILES string of the molecule is [B]C(=O)OCc1ccc(NS)cc1. The van der Waals surface area contributed by atoms with Crippen LogP contribution in [0.1, 0.15) is 5.56 Å². The molecule has 0 unspecified atom stereocenters. The Morgan fingerprint density at radius 3 is 2.54 bits per heavy atom. The lowest BCUT2D eigenvalue weighted by Gasteiger charge is -2.03. The fourth-order valence-corrected chi connectivity index (χ4v) is 0.979. The average Bonchev–Trinajstić information content (AvgIpc) is 2.15. The molecule has 5 heteroatoms. The number of hydrogen-bond donors (Lipinski definition) is 2. The summed E-state index contributed by atoms with van der Waals surface area (Å²) in [5.74, 6) is -0.767. The predicted molar refractivity (Wildman–Crippen MR) is 55.0 cm³/mol. The standard InChI is InChI=1S/C8H8BNO2S/c9-8(11)12-5-6-1-3-7(10-13)4-2-6/h1-4,10,13H,5H2. The van der Waals surface area contributed by atoms with Crippen molar-refractivity contribution in [2.45, 2.75) is 6.61 Å². The molecule has 0 bridgehead atoms. The van der Waals surface area contributed by atoms with Crippen LogP contribution in [0.5, 0.6) is 0 Å². The van der Waals surface area contributed by atoms with Gasteiger partial charge in [0.25, 0.3) is 0 Å². The highest BCUT2D eigenvalue weighted by Crippen LogP contribution is 2.10. The number of rotatable bonds is 3. The zero-order valence-electron chi connectivity index (χ0n) is 6.86. The Balaban J connectivity index is 2.54.